The molecule has 2 nitrogen and oxygen atoms in total. The van der Waals surface area contributed by atoms with Gasteiger partial charge in [0, 0.05) is 12.6 Å². The van der Waals surface area contributed by atoms with Crippen molar-refractivity contribution in [3.05, 3.63) is 34.9 Å². The first-order valence-corrected chi connectivity index (χ1v) is 6.76. The highest BCUT2D eigenvalue weighted by Crippen LogP contribution is 2.18. The molecule has 0 bridgehead atoms. The van der Waals surface area contributed by atoms with E-state index in [0.29, 0.717) is 6.04 Å². The highest BCUT2D eigenvalue weighted by molar-refractivity contribution is 5.34. The fraction of sp³-hybridized carbons (Fsp3) is 0.600. The van der Waals surface area contributed by atoms with Crippen LogP contribution in [0.25, 0.3) is 0 Å². The molecule has 0 unspecified atom stereocenters. The van der Waals surface area contributed by atoms with Gasteiger partial charge in [0.1, 0.15) is 0 Å². The van der Waals surface area contributed by atoms with E-state index in [1.165, 1.54) is 16.7 Å². The zero-order valence-electron chi connectivity index (χ0n) is 11.1. The quantitative estimate of drug-likeness (QED) is 0.867. The molecule has 1 heterocycles. The van der Waals surface area contributed by atoms with E-state index in [2.05, 4.69) is 36.9 Å². The molecular weight excluding hydrogens is 208 g/mol. The Morgan fingerprint density at radius 2 is 1.88 bits per heavy atom. The minimum atomic E-state index is 0.425. The Kier molecular flexibility index (Phi) is 4.19. The van der Waals surface area contributed by atoms with Gasteiger partial charge in [-0.1, -0.05) is 25.1 Å². The molecule has 1 aliphatic rings. The zero-order valence-corrected chi connectivity index (χ0v) is 11.1. The molecule has 1 aromatic rings. The van der Waals surface area contributed by atoms with Crippen molar-refractivity contribution < 1.29 is 0 Å². The van der Waals surface area contributed by atoms with E-state index in [0.717, 1.165) is 38.9 Å². The Hall–Kier alpha value is -0.860. The highest BCUT2D eigenvalue weighted by Gasteiger charge is 2.16. The van der Waals surface area contributed by atoms with Crippen LogP contribution in [0.2, 0.25) is 0 Å². The SMILES string of the molecule is CCc1cccc(CN2CCC(N)CC2)c1C. The molecule has 0 radical (unpaired) electrons. The maximum absolute atomic E-state index is 5.94. The molecule has 1 aliphatic heterocycles. The first-order valence-electron chi connectivity index (χ1n) is 6.76. The number of likely N-dealkylation sites (tertiary alicyclic amines) is 1. The van der Waals surface area contributed by atoms with Crippen molar-refractivity contribution >= 4 is 0 Å². The topological polar surface area (TPSA) is 29.3 Å². The van der Waals surface area contributed by atoms with Crippen molar-refractivity contribution in [2.45, 2.75) is 45.7 Å². The van der Waals surface area contributed by atoms with Crippen molar-refractivity contribution in [2.75, 3.05) is 13.1 Å². The predicted octanol–water partition coefficient (Wildman–Crippen LogP) is 2.48. The van der Waals surface area contributed by atoms with Gasteiger partial charge in [-0.3, -0.25) is 4.90 Å². The molecular formula is C15H24N2. The molecule has 0 saturated carbocycles. The number of nitrogens with two attached hydrogens (primary N) is 1. The summed E-state index contributed by atoms with van der Waals surface area (Å²) in [6.07, 6.45) is 3.42. The van der Waals surface area contributed by atoms with E-state index >= 15 is 0 Å². The van der Waals surface area contributed by atoms with E-state index < -0.39 is 0 Å². The number of benzene rings is 1. The lowest BCUT2D eigenvalue weighted by Gasteiger charge is -2.30. The van der Waals surface area contributed by atoms with E-state index in [4.69, 9.17) is 5.73 Å². The van der Waals surface area contributed by atoms with Crippen molar-refractivity contribution in [1.29, 1.82) is 0 Å². The summed E-state index contributed by atoms with van der Waals surface area (Å²) in [5, 5.41) is 0. The van der Waals surface area contributed by atoms with Gasteiger partial charge in [-0.05, 0) is 56.0 Å². The largest absolute Gasteiger partial charge is 0.328 e. The van der Waals surface area contributed by atoms with Crippen LogP contribution in [-0.2, 0) is 13.0 Å². The summed E-state index contributed by atoms with van der Waals surface area (Å²) < 4.78 is 0. The Morgan fingerprint density at radius 3 is 2.53 bits per heavy atom. The number of hydrogen-bond donors (Lipinski definition) is 1. The number of rotatable bonds is 3. The van der Waals surface area contributed by atoms with Gasteiger partial charge in [0.05, 0.1) is 0 Å². The fourth-order valence-electron chi connectivity index (χ4n) is 2.64. The van der Waals surface area contributed by atoms with Gasteiger partial charge in [0.25, 0.3) is 0 Å². The Bertz CT molecular complexity index is 365. The fourth-order valence-corrected chi connectivity index (χ4v) is 2.64. The van der Waals surface area contributed by atoms with Crippen LogP contribution >= 0.6 is 0 Å². The average molecular weight is 232 g/mol. The molecule has 1 aromatic carbocycles. The molecule has 0 aliphatic carbocycles. The third-order valence-electron chi connectivity index (χ3n) is 3.97. The van der Waals surface area contributed by atoms with Gasteiger partial charge < -0.3 is 5.73 Å². The van der Waals surface area contributed by atoms with Crippen molar-refractivity contribution in [3.63, 3.8) is 0 Å². The summed E-state index contributed by atoms with van der Waals surface area (Å²) in [7, 11) is 0. The molecule has 1 saturated heterocycles. The number of aryl methyl sites for hydroxylation is 1. The first-order chi connectivity index (χ1) is 8.20. The highest BCUT2D eigenvalue weighted by atomic mass is 15.1. The lowest BCUT2D eigenvalue weighted by Crippen LogP contribution is -2.39. The molecule has 2 rings (SSSR count). The standard InChI is InChI=1S/C15H24N2/c1-3-13-5-4-6-14(12(13)2)11-17-9-7-15(16)8-10-17/h4-6,15H,3,7-11,16H2,1-2H3. The summed E-state index contributed by atoms with van der Waals surface area (Å²) in [4.78, 5) is 2.53. The normalized spacial score (nSPS) is 18.5. The van der Waals surface area contributed by atoms with Crippen LogP contribution in [0.1, 0.15) is 36.5 Å². The monoisotopic (exact) mass is 232 g/mol. The van der Waals surface area contributed by atoms with Gasteiger partial charge in [0.15, 0.2) is 0 Å². The molecule has 0 aromatic heterocycles. The van der Waals surface area contributed by atoms with Crippen LogP contribution in [0.4, 0.5) is 0 Å². The number of piperidine rings is 1. The summed E-state index contributed by atoms with van der Waals surface area (Å²) in [5.74, 6) is 0. The van der Waals surface area contributed by atoms with E-state index in [1.807, 2.05) is 0 Å². The number of nitrogens with zero attached hydrogens (tertiary/aromatic N) is 1. The third-order valence-corrected chi connectivity index (χ3v) is 3.97. The van der Waals surface area contributed by atoms with Gasteiger partial charge >= 0.3 is 0 Å². The van der Waals surface area contributed by atoms with Crippen molar-refractivity contribution in [1.82, 2.24) is 4.90 Å². The minimum absolute atomic E-state index is 0.425. The zero-order chi connectivity index (χ0) is 12.3. The van der Waals surface area contributed by atoms with E-state index in [-0.39, 0.29) is 0 Å². The van der Waals surface area contributed by atoms with Gasteiger partial charge in [-0.25, -0.2) is 0 Å². The maximum Gasteiger partial charge on any atom is 0.0236 e. The molecule has 0 atom stereocenters. The predicted molar refractivity (Wildman–Crippen MR) is 73.0 cm³/mol. The summed E-state index contributed by atoms with van der Waals surface area (Å²) in [6, 6.07) is 7.12. The molecule has 17 heavy (non-hydrogen) atoms. The smallest absolute Gasteiger partial charge is 0.0236 e. The summed E-state index contributed by atoms with van der Waals surface area (Å²) in [5.41, 5.74) is 10.4. The van der Waals surface area contributed by atoms with Gasteiger partial charge in [0.2, 0.25) is 0 Å². The Balaban J connectivity index is 2.03. The molecule has 0 amide bonds. The van der Waals surface area contributed by atoms with Gasteiger partial charge in [-0.15, -0.1) is 0 Å². The molecule has 94 valence electrons. The van der Waals surface area contributed by atoms with Crippen LogP contribution in [0.5, 0.6) is 0 Å². The van der Waals surface area contributed by atoms with Crippen LogP contribution in [0, 0.1) is 6.92 Å². The number of hydrogen-bond acceptors (Lipinski definition) is 2. The van der Waals surface area contributed by atoms with Crippen LogP contribution in [-0.4, -0.2) is 24.0 Å². The molecule has 2 N–H and O–H groups in total. The van der Waals surface area contributed by atoms with Crippen LogP contribution in [0.15, 0.2) is 18.2 Å². The summed E-state index contributed by atoms with van der Waals surface area (Å²) >= 11 is 0. The van der Waals surface area contributed by atoms with E-state index in [1.54, 1.807) is 0 Å². The van der Waals surface area contributed by atoms with Crippen LogP contribution in [0.3, 0.4) is 0 Å². The Morgan fingerprint density at radius 1 is 1.24 bits per heavy atom. The second-order valence-corrected chi connectivity index (χ2v) is 5.17. The lowest BCUT2D eigenvalue weighted by molar-refractivity contribution is 0.205. The van der Waals surface area contributed by atoms with Crippen molar-refractivity contribution in [2.24, 2.45) is 5.73 Å². The second kappa shape index (κ2) is 5.65. The third kappa shape index (κ3) is 3.08. The second-order valence-electron chi connectivity index (χ2n) is 5.17. The molecule has 2 heteroatoms. The van der Waals surface area contributed by atoms with E-state index in [9.17, 15) is 0 Å². The summed E-state index contributed by atoms with van der Waals surface area (Å²) in [6.45, 7) is 7.87. The molecule has 0 spiro atoms. The lowest BCUT2D eigenvalue weighted by atomic mass is 9.99. The van der Waals surface area contributed by atoms with Gasteiger partial charge in [-0.2, -0.15) is 0 Å². The Labute approximate surface area is 105 Å². The first kappa shape index (κ1) is 12.6. The van der Waals surface area contributed by atoms with Crippen molar-refractivity contribution in [3.8, 4) is 0 Å². The maximum atomic E-state index is 5.94. The molecule has 1 fully saturated rings. The van der Waals surface area contributed by atoms with Crippen LogP contribution < -0.4 is 5.73 Å². The average Bonchev–Trinajstić information content (AvgIpc) is 2.35. The minimum Gasteiger partial charge on any atom is -0.328 e.